The van der Waals surface area contributed by atoms with Crippen molar-refractivity contribution in [3.05, 3.63) is 50.4 Å². The monoisotopic (exact) mass is 314 g/mol. The SMILES string of the molecule is COC(=O)c1nn(-c2ccc(Cl)cc2Cl)c(=O)cc1O. The van der Waals surface area contributed by atoms with Gasteiger partial charge < -0.3 is 9.84 Å². The predicted molar refractivity (Wildman–Crippen MR) is 72.9 cm³/mol. The van der Waals surface area contributed by atoms with Crippen LogP contribution in [0.1, 0.15) is 10.5 Å². The van der Waals surface area contributed by atoms with Gasteiger partial charge in [0.2, 0.25) is 5.69 Å². The Balaban J connectivity index is 2.68. The maximum absolute atomic E-state index is 11.8. The topological polar surface area (TPSA) is 81.4 Å². The molecule has 20 heavy (non-hydrogen) atoms. The van der Waals surface area contributed by atoms with E-state index >= 15 is 0 Å². The van der Waals surface area contributed by atoms with E-state index in [1.165, 1.54) is 18.2 Å². The van der Waals surface area contributed by atoms with E-state index in [-0.39, 0.29) is 10.7 Å². The molecule has 0 saturated carbocycles. The molecule has 104 valence electrons. The van der Waals surface area contributed by atoms with E-state index in [0.717, 1.165) is 17.9 Å². The minimum absolute atomic E-state index is 0.175. The van der Waals surface area contributed by atoms with Gasteiger partial charge in [-0.15, -0.1) is 0 Å². The van der Waals surface area contributed by atoms with Crippen LogP contribution in [0.15, 0.2) is 29.1 Å². The molecule has 1 N–H and O–H groups in total. The highest BCUT2D eigenvalue weighted by molar-refractivity contribution is 6.35. The van der Waals surface area contributed by atoms with Crippen LogP contribution >= 0.6 is 23.2 Å². The number of aromatic nitrogens is 2. The summed E-state index contributed by atoms with van der Waals surface area (Å²) < 4.78 is 5.35. The summed E-state index contributed by atoms with van der Waals surface area (Å²) in [4.78, 5) is 23.3. The summed E-state index contributed by atoms with van der Waals surface area (Å²) in [6.45, 7) is 0. The van der Waals surface area contributed by atoms with Gasteiger partial charge in [-0.3, -0.25) is 4.79 Å². The van der Waals surface area contributed by atoms with Gasteiger partial charge >= 0.3 is 5.97 Å². The molecule has 2 aromatic rings. The fourth-order valence-corrected chi connectivity index (χ4v) is 2.00. The standard InChI is InChI=1S/C12H8Cl2N2O4/c1-20-12(19)11-9(17)5-10(18)16(15-11)8-3-2-6(13)4-7(8)14/h2-5,17H,1H3. The van der Waals surface area contributed by atoms with Crippen molar-refractivity contribution in [2.24, 2.45) is 0 Å². The molecule has 2 rings (SSSR count). The Bertz CT molecular complexity index is 743. The van der Waals surface area contributed by atoms with Crippen LogP contribution in [0.5, 0.6) is 5.75 Å². The molecule has 0 amide bonds. The highest BCUT2D eigenvalue weighted by atomic mass is 35.5. The first-order valence-electron chi connectivity index (χ1n) is 5.31. The Morgan fingerprint density at radius 3 is 2.65 bits per heavy atom. The molecule has 6 nitrogen and oxygen atoms in total. The number of halogens is 2. The molecule has 1 heterocycles. The van der Waals surface area contributed by atoms with Crippen molar-refractivity contribution in [3.8, 4) is 11.4 Å². The zero-order valence-corrected chi connectivity index (χ0v) is 11.6. The summed E-state index contributed by atoms with van der Waals surface area (Å²) in [5, 5.41) is 13.9. The second kappa shape index (κ2) is 5.52. The number of methoxy groups -OCH3 is 1. The first kappa shape index (κ1) is 14.4. The van der Waals surface area contributed by atoms with Gasteiger partial charge in [0.1, 0.15) is 0 Å². The van der Waals surface area contributed by atoms with Gasteiger partial charge in [-0.2, -0.15) is 9.78 Å². The summed E-state index contributed by atoms with van der Waals surface area (Å²) >= 11 is 11.7. The van der Waals surface area contributed by atoms with Gasteiger partial charge in [-0.05, 0) is 18.2 Å². The van der Waals surface area contributed by atoms with E-state index in [9.17, 15) is 14.7 Å². The molecule has 0 atom stereocenters. The van der Waals surface area contributed by atoms with Crippen molar-refractivity contribution in [2.45, 2.75) is 0 Å². The lowest BCUT2D eigenvalue weighted by Crippen LogP contribution is -2.23. The van der Waals surface area contributed by atoms with Gasteiger partial charge in [-0.25, -0.2) is 4.79 Å². The van der Waals surface area contributed by atoms with Crippen LogP contribution < -0.4 is 5.56 Å². The number of aromatic hydroxyl groups is 1. The van der Waals surface area contributed by atoms with Crippen molar-refractivity contribution < 1.29 is 14.6 Å². The van der Waals surface area contributed by atoms with E-state index in [1.807, 2.05) is 0 Å². The van der Waals surface area contributed by atoms with E-state index in [0.29, 0.717) is 5.02 Å². The second-order valence-electron chi connectivity index (χ2n) is 3.72. The summed E-state index contributed by atoms with van der Waals surface area (Å²) in [5.74, 6) is -1.44. The molecule has 0 saturated heterocycles. The van der Waals surface area contributed by atoms with Gasteiger partial charge in [-0.1, -0.05) is 23.2 Å². The van der Waals surface area contributed by atoms with Gasteiger partial charge in [0.05, 0.1) is 17.8 Å². The molecule has 0 radical (unpaired) electrons. The maximum atomic E-state index is 11.8. The molecule has 0 aliphatic heterocycles. The number of hydrogen-bond acceptors (Lipinski definition) is 5. The molecule has 0 fully saturated rings. The number of ether oxygens (including phenoxy) is 1. The lowest BCUT2D eigenvalue weighted by molar-refractivity contribution is 0.0588. The first-order chi connectivity index (χ1) is 9.43. The van der Waals surface area contributed by atoms with Crippen LogP contribution in [0.25, 0.3) is 5.69 Å². The van der Waals surface area contributed by atoms with Crippen LogP contribution in [0, 0.1) is 0 Å². The van der Waals surface area contributed by atoms with Crippen LogP contribution in [0.4, 0.5) is 0 Å². The number of hydrogen-bond donors (Lipinski definition) is 1. The highest BCUT2D eigenvalue weighted by Crippen LogP contribution is 2.23. The van der Waals surface area contributed by atoms with Crippen LogP contribution in [-0.4, -0.2) is 28.0 Å². The molecule has 1 aromatic carbocycles. The fraction of sp³-hybridized carbons (Fsp3) is 0.0833. The Morgan fingerprint density at radius 2 is 2.05 bits per heavy atom. The number of benzene rings is 1. The molecule has 0 bridgehead atoms. The molecular formula is C12H8Cl2N2O4. The second-order valence-corrected chi connectivity index (χ2v) is 4.56. The summed E-state index contributed by atoms with van der Waals surface area (Å²) in [5.41, 5.74) is -0.816. The van der Waals surface area contributed by atoms with E-state index < -0.39 is 23.0 Å². The maximum Gasteiger partial charge on any atom is 0.362 e. The highest BCUT2D eigenvalue weighted by Gasteiger charge is 2.18. The lowest BCUT2D eigenvalue weighted by atomic mass is 10.3. The van der Waals surface area contributed by atoms with Crippen LogP contribution in [-0.2, 0) is 4.74 Å². The Labute approximate surface area is 123 Å². The number of nitrogens with zero attached hydrogens (tertiary/aromatic N) is 2. The van der Waals surface area contributed by atoms with Crippen molar-refractivity contribution >= 4 is 29.2 Å². The third kappa shape index (κ3) is 2.61. The normalized spacial score (nSPS) is 10.3. The zero-order chi connectivity index (χ0) is 14.9. The molecule has 0 spiro atoms. The largest absolute Gasteiger partial charge is 0.505 e. The van der Waals surface area contributed by atoms with Crippen LogP contribution in [0.3, 0.4) is 0 Å². The summed E-state index contributed by atoms with van der Waals surface area (Å²) in [7, 11) is 1.13. The Hall–Kier alpha value is -2.05. The van der Waals surface area contributed by atoms with E-state index in [2.05, 4.69) is 9.84 Å². The van der Waals surface area contributed by atoms with Crippen LogP contribution in [0.2, 0.25) is 10.0 Å². The van der Waals surface area contributed by atoms with Crippen molar-refractivity contribution in [3.63, 3.8) is 0 Å². The number of carbonyl (C=O) groups excluding carboxylic acids is 1. The zero-order valence-electron chi connectivity index (χ0n) is 10.1. The minimum Gasteiger partial charge on any atom is -0.505 e. The number of rotatable bonds is 2. The van der Waals surface area contributed by atoms with E-state index in [1.54, 1.807) is 0 Å². The third-order valence-corrected chi connectivity index (χ3v) is 2.97. The molecule has 8 heteroatoms. The molecule has 0 aliphatic carbocycles. The summed E-state index contributed by atoms with van der Waals surface area (Å²) in [6.07, 6.45) is 0. The average Bonchev–Trinajstić information content (AvgIpc) is 2.39. The lowest BCUT2D eigenvalue weighted by Gasteiger charge is -2.09. The number of carbonyl (C=O) groups is 1. The van der Waals surface area contributed by atoms with Crippen molar-refractivity contribution in [1.82, 2.24) is 9.78 Å². The fourth-order valence-electron chi connectivity index (χ4n) is 1.51. The van der Waals surface area contributed by atoms with Gasteiger partial charge in [0.25, 0.3) is 5.56 Å². The molecule has 1 aromatic heterocycles. The summed E-state index contributed by atoms with van der Waals surface area (Å²) in [6, 6.07) is 5.26. The Kier molecular flexibility index (Phi) is 3.96. The van der Waals surface area contributed by atoms with Crippen molar-refractivity contribution in [2.75, 3.05) is 7.11 Å². The van der Waals surface area contributed by atoms with Gasteiger partial charge in [0, 0.05) is 11.1 Å². The molecule has 0 unspecified atom stereocenters. The quantitative estimate of drug-likeness (QED) is 0.858. The first-order valence-corrected chi connectivity index (χ1v) is 6.06. The molecule has 0 aliphatic rings. The third-order valence-electron chi connectivity index (χ3n) is 2.43. The van der Waals surface area contributed by atoms with Gasteiger partial charge in [0.15, 0.2) is 5.75 Å². The smallest absolute Gasteiger partial charge is 0.362 e. The minimum atomic E-state index is -0.874. The predicted octanol–water partition coefficient (Wildman–Crippen LogP) is 2.03. The molecular weight excluding hydrogens is 307 g/mol. The average molecular weight is 315 g/mol. The Morgan fingerprint density at radius 1 is 1.35 bits per heavy atom. The van der Waals surface area contributed by atoms with E-state index in [4.69, 9.17) is 23.2 Å². The number of esters is 1. The van der Waals surface area contributed by atoms with Crippen molar-refractivity contribution in [1.29, 1.82) is 0 Å².